The predicted molar refractivity (Wildman–Crippen MR) is 84.0 cm³/mol. The van der Waals surface area contributed by atoms with Gasteiger partial charge in [-0.1, -0.05) is 5.16 Å². The van der Waals surface area contributed by atoms with E-state index in [0.717, 1.165) is 37.0 Å². The van der Waals surface area contributed by atoms with Gasteiger partial charge in [0.05, 0.1) is 5.92 Å². The maximum Gasteiger partial charge on any atom is 0.276 e. The van der Waals surface area contributed by atoms with Crippen LogP contribution in [0.4, 0.5) is 0 Å². The minimum absolute atomic E-state index is 0.130. The van der Waals surface area contributed by atoms with E-state index in [2.05, 4.69) is 5.16 Å². The first-order valence-electron chi connectivity index (χ1n) is 8.29. The number of amides is 3. The van der Waals surface area contributed by atoms with Gasteiger partial charge in [-0.05, 0) is 19.3 Å². The molecule has 0 spiro atoms. The number of aryl methyl sites for hydroxylation is 1. The highest BCUT2D eigenvalue weighted by Crippen LogP contribution is 2.25. The van der Waals surface area contributed by atoms with E-state index in [0.29, 0.717) is 18.8 Å². The Morgan fingerprint density at radius 3 is 2.50 bits per heavy atom. The third-order valence-corrected chi connectivity index (χ3v) is 4.81. The standard InChI is InChI=1S/C16H22N4O4/c1-10(21)19-6-7-20(9-11(8-19)15(17)22)16(23)14-12-4-2-3-5-13(12)24-18-14/h11H,2-9H2,1H3,(H2,17,22). The number of hydrogen-bond acceptors (Lipinski definition) is 5. The molecule has 8 heteroatoms. The number of carbonyl (C=O) groups excluding carboxylic acids is 3. The number of hydrogen-bond donors (Lipinski definition) is 1. The molecule has 1 atom stereocenters. The molecule has 1 fully saturated rings. The Morgan fingerprint density at radius 2 is 1.79 bits per heavy atom. The average Bonchev–Trinajstić information content (AvgIpc) is 2.84. The maximum absolute atomic E-state index is 12.9. The number of rotatable bonds is 2. The van der Waals surface area contributed by atoms with Crippen molar-refractivity contribution in [2.45, 2.75) is 32.6 Å². The number of carbonyl (C=O) groups is 3. The van der Waals surface area contributed by atoms with Crippen molar-refractivity contribution in [1.29, 1.82) is 0 Å². The monoisotopic (exact) mass is 334 g/mol. The van der Waals surface area contributed by atoms with Crippen LogP contribution in [0.5, 0.6) is 0 Å². The highest BCUT2D eigenvalue weighted by molar-refractivity contribution is 5.94. The minimum Gasteiger partial charge on any atom is -0.369 e. The van der Waals surface area contributed by atoms with Gasteiger partial charge >= 0.3 is 0 Å². The molecular weight excluding hydrogens is 312 g/mol. The van der Waals surface area contributed by atoms with Crippen LogP contribution >= 0.6 is 0 Å². The number of primary amides is 1. The summed E-state index contributed by atoms with van der Waals surface area (Å²) in [7, 11) is 0. The third kappa shape index (κ3) is 3.13. The average molecular weight is 334 g/mol. The Kier molecular flexibility index (Phi) is 4.55. The van der Waals surface area contributed by atoms with Crippen molar-refractivity contribution < 1.29 is 18.9 Å². The van der Waals surface area contributed by atoms with Crippen LogP contribution in [0.25, 0.3) is 0 Å². The molecule has 8 nitrogen and oxygen atoms in total. The second-order valence-corrected chi connectivity index (χ2v) is 6.46. The second-order valence-electron chi connectivity index (χ2n) is 6.46. The van der Waals surface area contributed by atoms with E-state index in [9.17, 15) is 14.4 Å². The highest BCUT2D eigenvalue weighted by Gasteiger charge is 2.33. The molecule has 1 aliphatic carbocycles. The number of nitrogens with two attached hydrogens (primary N) is 1. The van der Waals surface area contributed by atoms with Crippen molar-refractivity contribution in [2.24, 2.45) is 11.7 Å². The fourth-order valence-electron chi connectivity index (χ4n) is 3.37. The Bertz CT molecular complexity index is 669. The van der Waals surface area contributed by atoms with Crippen LogP contribution in [0.2, 0.25) is 0 Å². The first-order valence-corrected chi connectivity index (χ1v) is 8.29. The summed E-state index contributed by atoms with van der Waals surface area (Å²) in [5.41, 5.74) is 6.66. The van der Waals surface area contributed by atoms with E-state index in [1.807, 2.05) is 0 Å². The van der Waals surface area contributed by atoms with Gasteiger partial charge in [0.1, 0.15) is 5.76 Å². The molecule has 1 aliphatic heterocycles. The third-order valence-electron chi connectivity index (χ3n) is 4.81. The summed E-state index contributed by atoms with van der Waals surface area (Å²) in [6.07, 6.45) is 3.64. The maximum atomic E-state index is 12.9. The topological polar surface area (TPSA) is 110 Å². The SMILES string of the molecule is CC(=O)N1CCN(C(=O)c2noc3c2CCCC3)CC(C(N)=O)C1. The summed E-state index contributed by atoms with van der Waals surface area (Å²) >= 11 is 0. The first-order chi connectivity index (χ1) is 11.5. The zero-order chi connectivity index (χ0) is 17.3. The number of aromatic nitrogens is 1. The van der Waals surface area contributed by atoms with E-state index < -0.39 is 11.8 Å². The molecule has 3 rings (SSSR count). The molecule has 2 N–H and O–H groups in total. The predicted octanol–water partition coefficient (Wildman–Crippen LogP) is -0.0408. The van der Waals surface area contributed by atoms with Crippen LogP contribution < -0.4 is 5.73 Å². The van der Waals surface area contributed by atoms with E-state index in [1.165, 1.54) is 6.92 Å². The molecule has 1 saturated heterocycles. The normalized spacial score (nSPS) is 21.1. The van der Waals surface area contributed by atoms with Crippen molar-refractivity contribution in [1.82, 2.24) is 15.0 Å². The van der Waals surface area contributed by atoms with E-state index in [-0.39, 0.29) is 24.9 Å². The van der Waals surface area contributed by atoms with Crippen LogP contribution in [-0.4, -0.2) is 58.9 Å². The van der Waals surface area contributed by atoms with Crippen molar-refractivity contribution in [3.05, 3.63) is 17.0 Å². The van der Waals surface area contributed by atoms with Gasteiger partial charge in [0.2, 0.25) is 11.8 Å². The van der Waals surface area contributed by atoms with Crippen molar-refractivity contribution in [3.63, 3.8) is 0 Å². The van der Waals surface area contributed by atoms with Gasteiger partial charge in [-0.2, -0.15) is 0 Å². The summed E-state index contributed by atoms with van der Waals surface area (Å²) in [5.74, 6) is -0.685. The highest BCUT2D eigenvalue weighted by atomic mass is 16.5. The smallest absolute Gasteiger partial charge is 0.276 e. The van der Waals surface area contributed by atoms with Gasteiger partial charge in [0.15, 0.2) is 5.69 Å². The van der Waals surface area contributed by atoms with Crippen molar-refractivity contribution in [3.8, 4) is 0 Å². The van der Waals surface area contributed by atoms with E-state index in [1.54, 1.807) is 9.80 Å². The Morgan fingerprint density at radius 1 is 1.12 bits per heavy atom. The molecule has 0 saturated carbocycles. The van der Waals surface area contributed by atoms with Crippen LogP contribution in [-0.2, 0) is 22.4 Å². The molecule has 2 aliphatic rings. The summed E-state index contributed by atoms with van der Waals surface area (Å²) in [6, 6.07) is 0. The molecule has 1 unspecified atom stereocenters. The van der Waals surface area contributed by atoms with Gasteiger partial charge in [-0.15, -0.1) is 0 Å². The molecule has 0 aromatic carbocycles. The van der Waals surface area contributed by atoms with Crippen LogP contribution in [0.3, 0.4) is 0 Å². The molecule has 2 heterocycles. The molecular formula is C16H22N4O4. The zero-order valence-electron chi connectivity index (χ0n) is 13.8. The Balaban J connectivity index is 1.82. The summed E-state index contributed by atoms with van der Waals surface area (Å²) in [6.45, 7) is 2.61. The molecule has 3 amide bonds. The molecule has 130 valence electrons. The van der Waals surface area contributed by atoms with E-state index in [4.69, 9.17) is 10.3 Å². The second kappa shape index (κ2) is 6.62. The first kappa shape index (κ1) is 16.5. The summed E-state index contributed by atoms with van der Waals surface area (Å²) < 4.78 is 5.31. The molecule has 0 bridgehead atoms. The van der Waals surface area contributed by atoms with E-state index >= 15 is 0 Å². The fraction of sp³-hybridized carbons (Fsp3) is 0.625. The van der Waals surface area contributed by atoms with Crippen LogP contribution in [0.1, 0.15) is 41.6 Å². The van der Waals surface area contributed by atoms with Crippen molar-refractivity contribution in [2.75, 3.05) is 26.2 Å². The van der Waals surface area contributed by atoms with Gasteiger partial charge in [0, 0.05) is 45.1 Å². The lowest BCUT2D eigenvalue weighted by molar-refractivity contribution is -0.130. The molecule has 0 radical (unpaired) electrons. The Hall–Kier alpha value is -2.38. The quantitative estimate of drug-likeness (QED) is 0.816. The van der Waals surface area contributed by atoms with Crippen LogP contribution in [0, 0.1) is 5.92 Å². The molecule has 1 aromatic rings. The van der Waals surface area contributed by atoms with Gasteiger partial charge in [-0.25, -0.2) is 0 Å². The summed E-state index contributed by atoms with van der Waals surface area (Å²) in [5, 5.41) is 3.96. The van der Waals surface area contributed by atoms with Crippen molar-refractivity contribution >= 4 is 17.7 Å². The molecule has 24 heavy (non-hydrogen) atoms. The lowest BCUT2D eigenvalue weighted by atomic mass is 9.96. The number of fused-ring (bicyclic) bond motifs is 1. The fourth-order valence-corrected chi connectivity index (χ4v) is 3.37. The largest absolute Gasteiger partial charge is 0.369 e. The Labute approximate surface area is 139 Å². The summed E-state index contributed by atoms with van der Waals surface area (Å²) in [4.78, 5) is 39.3. The molecule has 1 aromatic heterocycles. The lowest BCUT2D eigenvalue weighted by Gasteiger charge is -2.22. The number of nitrogens with zero attached hydrogens (tertiary/aromatic N) is 3. The zero-order valence-corrected chi connectivity index (χ0v) is 13.8. The van der Waals surface area contributed by atoms with Gasteiger partial charge < -0.3 is 20.1 Å². The van der Waals surface area contributed by atoms with Gasteiger partial charge in [-0.3, -0.25) is 14.4 Å². The van der Waals surface area contributed by atoms with Crippen LogP contribution in [0.15, 0.2) is 4.52 Å². The van der Waals surface area contributed by atoms with Gasteiger partial charge in [0.25, 0.3) is 5.91 Å². The lowest BCUT2D eigenvalue weighted by Crippen LogP contribution is -2.41. The minimum atomic E-state index is -0.580.